The van der Waals surface area contributed by atoms with Gasteiger partial charge in [0, 0.05) is 24.5 Å². The Balaban J connectivity index is 2.11. The van der Waals surface area contributed by atoms with Crippen molar-refractivity contribution < 1.29 is 19.1 Å². The average molecular weight is 550 g/mol. The van der Waals surface area contributed by atoms with E-state index in [4.69, 9.17) is 10.3 Å². The highest BCUT2D eigenvalue weighted by Gasteiger charge is 2.49. The fraction of sp³-hybridized carbons (Fsp3) is 0.893. The van der Waals surface area contributed by atoms with Crippen molar-refractivity contribution in [1.82, 2.24) is 20.7 Å². The van der Waals surface area contributed by atoms with Gasteiger partial charge in [-0.3, -0.25) is 15.0 Å². The van der Waals surface area contributed by atoms with Crippen LogP contribution < -0.4 is 10.7 Å². The molecular formula is C28H51N7O4. The minimum Gasteiger partial charge on any atom is -0.448 e. The number of likely N-dealkylation sites (tertiary alicyclic amines) is 1. The van der Waals surface area contributed by atoms with Crippen molar-refractivity contribution in [1.29, 1.82) is 0 Å². The Hall–Kier alpha value is -2.52. The van der Waals surface area contributed by atoms with Gasteiger partial charge in [0.15, 0.2) is 0 Å². The van der Waals surface area contributed by atoms with Crippen LogP contribution in [0.25, 0.3) is 10.4 Å². The number of carbonyl (C=O) groups excluding carboxylic acids is 3. The molecule has 11 heteroatoms. The predicted molar refractivity (Wildman–Crippen MR) is 152 cm³/mol. The van der Waals surface area contributed by atoms with Crippen LogP contribution in [0.5, 0.6) is 0 Å². The summed E-state index contributed by atoms with van der Waals surface area (Å²) >= 11 is 0. The molecule has 1 aliphatic heterocycles. The molecule has 0 aromatic rings. The first-order chi connectivity index (χ1) is 18.9. The van der Waals surface area contributed by atoms with Crippen molar-refractivity contribution in [3.63, 3.8) is 0 Å². The highest BCUT2D eigenvalue weighted by molar-refractivity contribution is 5.94. The van der Waals surface area contributed by atoms with Crippen molar-refractivity contribution in [3.05, 3.63) is 10.4 Å². The zero-order valence-corrected chi connectivity index (χ0v) is 24.5. The minimum absolute atomic E-state index is 0.0778. The summed E-state index contributed by atoms with van der Waals surface area (Å²) in [6.07, 6.45) is 12.7. The lowest BCUT2D eigenvalue weighted by molar-refractivity contribution is -0.143. The summed E-state index contributed by atoms with van der Waals surface area (Å²) in [4.78, 5) is 44.4. The third kappa shape index (κ3) is 10.2. The number of hydrogen-bond acceptors (Lipinski definition) is 6. The van der Waals surface area contributed by atoms with E-state index < -0.39 is 17.7 Å². The van der Waals surface area contributed by atoms with Crippen LogP contribution in [0.4, 0.5) is 4.79 Å². The molecule has 0 spiro atoms. The Bertz CT molecular complexity index is 814. The summed E-state index contributed by atoms with van der Waals surface area (Å²) in [6.45, 7) is 7.82. The lowest BCUT2D eigenvalue weighted by atomic mass is 9.86. The zero-order valence-electron chi connectivity index (χ0n) is 24.5. The van der Waals surface area contributed by atoms with E-state index in [1.54, 1.807) is 11.8 Å². The van der Waals surface area contributed by atoms with Gasteiger partial charge in [0.25, 0.3) is 5.91 Å². The van der Waals surface area contributed by atoms with Crippen LogP contribution in [0.2, 0.25) is 0 Å². The van der Waals surface area contributed by atoms with Crippen molar-refractivity contribution in [2.24, 2.45) is 11.0 Å². The van der Waals surface area contributed by atoms with Gasteiger partial charge in [-0.15, -0.1) is 0 Å². The maximum Gasteiger partial charge on any atom is 0.428 e. The fourth-order valence-corrected chi connectivity index (χ4v) is 5.89. The number of hydrazine groups is 1. The summed E-state index contributed by atoms with van der Waals surface area (Å²) < 4.78 is 5.13. The highest BCUT2D eigenvalue weighted by atomic mass is 16.6. The molecule has 0 unspecified atom stereocenters. The van der Waals surface area contributed by atoms with Gasteiger partial charge < -0.3 is 15.0 Å². The smallest absolute Gasteiger partial charge is 0.428 e. The van der Waals surface area contributed by atoms with Gasteiger partial charge in [0.2, 0.25) is 5.91 Å². The third-order valence-corrected chi connectivity index (χ3v) is 8.06. The normalized spacial score (nSPS) is 20.4. The monoisotopic (exact) mass is 549 g/mol. The first-order valence-electron chi connectivity index (χ1n) is 15.2. The molecule has 39 heavy (non-hydrogen) atoms. The Morgan fingerprint density at radius 2 is 1.95 bits per heavy atom. The molecule has 0 radical (unpaired) electrons. The van der Waals surface area contributed by atoms with Crippen LogP contribution in [0.15, 0.2) is 5.11 Å². The molecule has 2 atom stereocenters. The lowest BCUT2D eigenvalue weighted by Gasteiger charge is -2.33. The SMILES string of the molecule is CCCCN(NC(=O)[C@H](CCC)N1CC[C@@](CCCN=[N+]=[N-])(NCCCC2CCCCC2)C1=O)C(=O)OCC. The summed E-state index contributed by atoms with van der Waals surface area (Å²) in [5.41, 5.74) is 10.7. The molecule has 0 bridgehead atoms. The van der Waals surface area contributed by atoms with Crippen LogP contribution in [-0.4, -0.2) is 72.2 Å². The van der Waals surface area contributed by atoms with Gasteiger partial charge in [0.1, 0.15) is 6.04 Å². The largest absolute Gasteiger partial charge is 0.448 e. The molecule has 1 saturated carbocycles. The minimum atomic E-state index is -0.771. The molecule has 0 aromatic heterocycles. The third-order valence-electron chi connectivity index (χ3n) is 8.06. The molecule has 1 aliphatic carbocycles. The van der Waals surface area contributed by atoms with Crippen molar-refractivity contribution in [2.75, 3.05) is 32.8 Å². The van der Waals surface area contributed by atoms with E-state index >= 15 is 0 Å². The molecule has 0 aromatic carbocycles. The Morgan fingerprint density at radius 1 is 1.18 bits per heavy atom. The first kappa shape index (κ1) is 32.7. The number of nitrogens with one attached hydrogen (secondary N) is 2. The molecule has 222 valence electrons. The zero-order chi connectivity index (χ0) is 28.5. The van der Waals surface area contributed by atoms with Crippen LogP contribution in [0, 0.1) is 5.92 Å². The Labute approximate surface area is 234 Å². The Kier molecular flexibility index (Phi) is 15.0. The molecule has 1 heterocycles. The number of ether oxygens (including phenoxy) is 1. The standard InChI is InChI=1S/C28H51N7O4/c1-4-7-21-35(27(38)39-6-3)32-25(36)24(13-5-2)34-22-18-28(26(34)37,17-12-20-31-33-29)30-19-11-16-23-14-9-8-10-15-23/h23-24,30H,4-22H2,1-3H3,(H,32,36)/t24-,28+/m0/s1. The van der Waals surface area contributed by atoms with E-state index in [-0.39, 0.29) is 18.4 Å². The van der Waals surface area contributed by atoms with Gasteiger partial charge in [-0.1, -0.05) is 63.9 Å². The van der Waals surface area contributed by atoms with E-state index in [9.17, 15) is 14.4 Å². The summed E-state index contributed by atoms with van der Waals surface area (Å²) in [5, 5.41) is 8.48. The van der Waals surface area contributed by atoms with Gasteiger partial charge in [0.05, 0.1) is 12.1 Å². The first-order valence-corrected chi connectivity index (χ1v) is 15.2. The molecule has 2 rings (SSSR count). The summed E-state index contributed by atoms with van der Waals surface area (Å²) in [7, 11) is 0. The van der Waals surface area contributed by atoms with Gasteiger partial charge in [-0.2, -0.15) is 0 Å². The number of carbonyl (C=O) groups is 3. The van der Waals surface area contributed by atoms with Gasteiger partial charge in [-0.05, 0) is 69.9 Å². The van der Waals surface area contributed by atoms with Crippen LogP contribution in [0.3, 0.4) is 0 Å². The van der Waals surface area contributed by atoms with Gasteiger partial charge >= 0.3 is 6.09 Å². The topological polar surface area (TPSA) is 140 Å². The highest BCUT2D eigenvalue weighted by Crippen LogP contribution is 2.32. The number of azide groups is 1. The van der Waals surface area contributed by atoms with E-state index in [1.807, 2.05) is 13.8 Å². The Morgan fingerprint density at radius 3 is 2.62 bits per heavy atom. The molecule has 2 N–H and O–H groups in total. The van der Waals surface area contributed by atoms with E-state index in [0.29, 0.717) is 45.3 Å². The number of rotatable bonds is 17. The van der Waals surface area contributed by atoms with Crippen LogP contribution >= 0.6 is 0 Å². The predicted octanol–water partition coefficient (Wildman–Crippen LogP) is 5.46. The number of nitrogens with zero attached hydrogens (tertiary/aromatic N) is 5. The second-order valence-electron chi connectivity index (χ2n) is 10.9. The lowest BCUT2D eigenvalue weighted by Crippen LogP contribution is -2.58. The maximum atomic E-state index is 14.0. The van der Waals surface area contributed by atoms with E-state index in [2.05, 4.69) is 20.8 Å². The van der Waals surface area contributed by atoms with E-state index in [1.165, 1.54) is 43.5 Å². The maximum absolute atomic E-state index is 14.0. The van der Waals surface area contributed by atoms with Crippen molar-refractivity contribution in [2.45, 2.75) is 122 Å². The van der Waals surface area contributed by atoms with Crippen molar-refractivity contribution >= 4 is 17.9 Å². The van der Waals surface area contributed by atoms with Crippen LogP contribution in [-0.2, 0) is 14.3 Å². The fourth-order valence-electron chi connectivity index (χ4n) is 5.89. The average Bonchev–Trinajstić information content (AvgIpc) is 3.26. The number of hydrogen-bond donors (Lipinski definition) is 2. The quantitative estimate of drug-likeness (QED) is 0.0815. The number of unbranched alkanes of at least 4 members (excludes halogenated alkanes) is 1. The number of amides is 3. The van der Waals surface area contributed by atoms with E-state index in [0.717, 1.165) is 38.1 Å². The summed E-state index contributed by atoms with van der Waals surface area (Å²) in [6, 6.07) is -0.677. The molecule has 2 aliphatic rings. The molecule has 2 fully saturated rings. The second kappa shape index (κ2) is 17.9. The molecule has 3 amide bonds. The van der Waals surface area contributed by atoms with Gasteiger partial charge in [-0.25, -0.2) is 9.80 Å². The van der Waals surface area contributed by atoms with Crippen molar-refractivity contribution in [3.8, 4) is 0 Å². The second-order valence-corrected chi connectivity index (χ2v) is 10.9. The molecule has 11 nitrogen and oxygen atoms in total. The molecule has 1 saturated heterocycles. The molecular weight excluding hydrogens is 498 g/mol. The summed E-state index contributed by atoms with van der Waals surface area (Å²) in [5.74, 6) is 0.340. The van der Waals surface area contributed by atoms with Crippen LogP contribution in [0.1, 0.15) is 111 Å².